The van der Waals surface area contributed by atoms with Crippen LogP contribution in [0.4, 0.5) is 0 Å². The summed E-state index contributed by atoms with van der Waals surface area (Å²) in [7, 11) is 0. The molecule has 6 heteroatoms. The van der Waals surface area contributed by atoms with Crippen molar-refractivity contribution < 1.29 is 30.0 Å². The van der Waals surface area contributed by atoms with Crippen molar-refractivity contribution in [2.45, 2.75) is 147 Å². The molecule has 6 aliphatic rings. The number of ether oxygens (including phenoxy) is 1. The number of fused-ring (bicyclic) bond motifs is 6. The Hall–Kier alpha value is -1.57. The third kappa shape index (κ3) is 4.42. The lowest BCUT2D eigenvalue weighted by Crippen LogP contribution is -2.66. The average Bonchev–Trinajstić information content (AvgIpc) is 3.66. The minimum absolute atomic E-state index is 0.0329. The van der Waals surface area contributed by atoms with Crippen LogP contribution in [0, 0.1) is 45.8 Å². The molecule has 12 atom stereocenters. The molecule has 0 amide bonds. The largest absolute Gasteiger partial charge is 0.393 e. The first kappa shape index (κ1) is 33.0. The number of carbonyl (C=O) groups excluding carboxylic acids is 1. The van der Waals surface area contributed by atoms with Crippen LogP contribution in [0.2, 0.25) is 0 Å². The first-order chi connectivity index (χ1) is 21.5. The number of hydrogen-bond donors (Lipinski definition) is 4. The molecular formula is C40H58O6. The van der Waals surface area contributed by atoms with E-state index < -0.39 is 45.9 Å². The molecule has 1 saturated heterocycles. The van der Waals surface area contributed by atoms with Crippen LogP contribution in [-0.4, -0.2) is 61.3 Å². The van der Waals surface area contributed by atoms with E-state index in [0.29, 0.717) is 19.3 Å². The van der Waals surface area contributed by atoms with Crippen molar-refractivity contribution in [2.75, 3.05) is 0 Å². The molecule has 254 valence electrons. The first-order valence-corrected chi connectivity index (χ1v) is 18.3. The van der Waals surface area contributed by atoms with Gasteiger partial charge in [0, 0.05) is 16.7 Å². The molecule has 1 aliphatic heterocycles. The summed E-state index contributed by atoms with van der Waals surface area (Å²) in [5.41, 5.74) is -2.80. The Bertz CT molecular complexity index is 1370. The van der Waals surface area contributed by atoms with Crippen molar-refractivity contribution in [1.82, 2.24) is 0 Å². The topological polar surface area (TPSA) is 111 Å². The molecule has 46 heavy (non-hydrogen) atoms. The number of carbonyl (C=O) groups is 1. The van der Waals surface area contributed by atoms with Crippen molar-refractivity contribution >= 4 is 5.78 Å². The molecule has 1 aromatic rings. The average molecular weight is 635 g/mol. The summed E-state index contributed by atoms with van der Waals surface area (Å²) in [6.45, 7) is 12.2. The maximum atomic E-state index is 14.2. The fraction of sp³-hybridized carbons (Fsp3) is 0.775. The molecule has 1 heterocycles. The Morgan fingerprint density at radius 2 is 1.67 bits per heavy atom. The van der Waals surface area contributed by atoms with E-state index in [1.54, 1.807) is 0 Å². The second-order valence-corrected chi connectivity index (χ2v) is 17.9. The Morgan fingerprint density at radius 1 is 1.00 bits per heavy atom. The maximum absolute atomic E-state index is 14.2. The van der Waals surface area contributed by atoms with Crippen molar-refractivity contribution in [2.24, 2.45) is 45.8 Å². The van der Waals surface area contributed by atoms with Gasteiger partial charge in [0.1, 0.15) is 12.2 Å². The van der Waals surface area contributed by atoms with Crippen molar-refractivity contribution in [3.05, 3.63) is 47.5 Å². The number of allylic oxidation sites excluding steroid dienone is 1. The third-order valence-electron chi connectivity index (χ3n) is 15.3. The number of aliphatic hydroxyl groups is 4. The molecule has 6 nitrogen and oxygen atoms in total. The van der Waals surface area contributed by atoms with Gasteiger partial charge in [-0.3, -0.25) is 4.79 Å². The Labute approximate surface area is 276 Å². The van der Waals surface area contributed by atoms with Crippen LogP contribution >= 0.6 is 0 Å². The van der Waals surface area contributed by atoms with Crippen LogP contribution in [0.5, 0.6) is 0 Å². The summed E-state index contributed by atoms with van der Waals surface area (Å²) >= 11 is 0. The van der Waals surface area contributed by atoms with Crippen LogP contribution in [0.3, 0.4) is 0 Å². The molecule has 5 aliphatic carbocycles. The highest BCUT2D eigenvalue weighted by Crippen LogP contribution is 2.78. The van der Waals surface area contributed by atoms with Gasteiger partial charge in [-0.15, -0.1) is 0 Å². The molecule has 0 aromatic heterocycles. The Kier molecular flexibility index (Phi) is 7.67. The van der Waals surface area contributed by atoms with Crippen LogP contribution in [0.25, 0.3) is 0 Å². The quantitative estimate of drug-likeness (QED) is 0.267. The summed E-state index contributed by atoms with van der Waals surface area (Å²) in [6.07, 6.45) is 9.50. The maximum Gasteiger partial charge on any atom is 0.159 e. The lowest BCUT2D eigenvalue weighted by Gasteiger charge is -2.65. The van der Waals surface area contributed by atoms with Gasteiger partial charge in [-0.1, -0.05) is 70.9 Å². The minimum atomic E-state index is -1.27. The number of benzene rings is 1. The van der Waals surface area contributed by atoms with Crippen molar-refractivity contribution in [1.29, 1.82) is 0 Å². The van der Waals surface area contributed by atoms with E-state index in [1.165, 1.54) is 5.56 Å². The van der Waals surface area contributed by atoms with Gasteiger partial charge in [-0.2, -0.15) is 0 Å². The fourth-order valence-corrected chi connectivity index (χ4v) is 12.4. The molecular weight excluding hydrogens is 576 g/mol. The van der Waals surface area contributed by atoms with Gasteiger partial charge in [0.25, 0.3) is 0 Å². The SMILES string of the molecule is CC(C)[C@@](C)(O)[C@H]1O[C@@H]1[C@](C)(O)[C@H]1CC2(CCCC2)[C@@]2(O)C3=CC(=O)[C@@H]4C[C@@H](O)CC[C@]4(C)[C@H]3[C@H](CCc3ccccc3)C[C@]12C. The van der Waals surface area contributed by atoms with Gasteiger partial charge >= 0.3 is 0 Å². The molecule has 4 N–H and O–H groups in total. The summed E-state index contributed by atoms with van der Waals surface area (Å²) in [5.74, 6) is -0.232. The van der Waals surface area contributed by atoms with Gasteiger partial charge in [-0.05, 0) is 118 Å². The van der Waals surface area contributed by atoms with Crippen molar-refractivity contribution in [3.63, 3.8) is 0 Å². The van der Waals surface area contributed by atoms with Crippen molar-refractivity contribution in [3.8, 4) is 0 Å². The van der Waals surface area contributed by atoms with Crippen LogP contribution in [0.1, 0.15) is 111 Å². The van der Waals surface area contributed by atoms with Crippen LogP contribution in [0.15, 0.2) is 42.0 Å². The van der Waals surface area contributed by atoms with Crippen LogP contribution in [-0.2, 0) is 16.0 Å². The van der Waals surface area contributed by atoms with Gasteiger partial charge in [0.2, 0.25) is 0 Å². The standard InChI is InChI=1S/C40H58O6/c1-24(2)37(5,43)33-34(46-33)38(6,44)31-23-39(17-10-11-18-39)40(45)29-21-30(42)28-20-27(41)16-19-35(28,3)32(29)26(22-36(31,40)4)15-14-25-12-8-7-9-13-25/h7-9,12-13,21,24,26-28,31-34,41,43-45H,10-11,14-20,22-23H2,1-6H3/t26-,27+,28+,31+,32+,33+,34+,35+,36-,37-,38-,40-/m1/s1. The highest BCUT2D eigenvalue weighted by molar-refractivity contribution is 5.95. The number of epoxide rings is 1. The zero-order valence-electron chi connectivity index (χ0n) is 29.0. The monoisotopic (exact) mass is 634 g/mol. The predicted octanol–water partition coefficient (Wildman–Crippen LogP) is 6.17. The predicted molar refractivity (Wildman–Crippen MR) is 178 cm³/mol. The van der Waals surface area contributed by atoms with Gasteiger partial charge < -0.3 is 25.2 Å². The van der Waals surface area contributed by atoms with E-state index in [-0.39, 0.29) is 40.8 Å². The van der Waals surface area contributed by atoms with E-state index in [2.05, 4.69) is 38.1 Å². The van der Waals surface area contributed by atoms with Crippen LogP contribution < -0.4 is 0 Å². The summed E-state index contributed by atoms with van der Waals surface area (Å²) < 4.78 is 6.21. The smallest absolute Gasteiger partial charge is 0.159 e. The number of ketones is 1. The molecule has 7 rings (SSSR count). The van der Waals surface area contributed by atoms with E-state index in [0.717, 1.165) is 56.9 Å². The second kappa shape index (κ2) is 10.7. The minimum Gasteiger partial charge on any atom is -0.393 e. The Morgan fingerprint density at radius 3 is 2.33 bits per heavy atom. The normalized spacial score (nSPS) is 45.4. The number of aryl methyl sites for hydroxylation is 1. The molecule has 1 spiro atoms. The first-order valence-electron chi connectivity index (χ1n) is 18.3. The summed E-state index contributed by atoms with van der Waals surface area (Å²) in [4.78, 5) is 14.2. The number of aliphatic hydroxyl groups excluding tert-OH is 1. The van der Waals surface area contributed by atoms with E-state index in [9.17, 15) is 25.2 Å². The number of hydrogen-bond acceptors (Lipinski definition) is 6. The molecule has 1 aromatic carbocycles. The van der Waals surface area contributed by atoms with E-state index >= 15 is 0 Å². The van der Waals surface area contributed by atoms with Gasteiger partial charge in [-0.25, -0.2) is 0 Å². The molecule has 0 radical (unpaired) electrons. The van der Waals surface area contributed by atoms with E-state index in [1.807, 2.05) is 39.8 Å². The lowest BCUT2D eigenvalue weighted by atomic mass is 9.41. The molecule has 0 unspecified atom stereocenters. The molecule has 4 saturated carbocycles. The molecule has 0 bridgehead atoms. The molecule has 5 fully saturated rings. The fourth-order valence-electron chi connectivity index (χ4n) is 12.4. The lowest BCUT2D eigenvalue weighted by molar-refractivity contribution is -0.185. The van der Waals surface area contributed by atoms with E-state index in [4.69, 9.17) is 4.74 Å². The highest BCUT2D eigenvalue weighted by atomic mass is 16.6. The summed E-state index contributed by atoms with van der Waals surface area (Å²) in [5, 5.41) is 48.5. The highest BCUT2D eigenvalue weighted by Gasteiger charge is 2.79. The summed E-state index contributed by atoms with van der Waals surface area (Å²) in [6, 6.07) is 10.6. The number of rotatable bonds is 7. The Balaban J connectivity index is 1.36. The third-order valence-corrected chi connectivity index (χ3v) is 15.3. The van der Waals surface area contributed by atoms with Gasteiger partial charge in [0.15, 0.2) is 5.78 Å². The zero-order chi connectivity index (χ0) is 33.1. The zero-order valence-corrected chi connectivity index (χ0v) is 29.0. The second-order valence-electron chi connectivity index (χ2n) is 17.9. The van der Waals surface area contributed by atoms with Gasteiger partial charge in [0.05, 0.1) is 22.9 Å².